The molecule has 0 N–H and O–H groups in total. The van der Waals surface area contributed by atoms with Gasteiger partial charge in [0.05, 0.1) is 16.1 Å². The molecule has 0 saturated carbocycles. The van der Waals surface area contributed by atoms with Crippen LogP contribution in [0.1, 0.15) is 27.0 Å². The Hall–Kier alpha value is -5.39. The van der Waals surface area contributed by atoms with E-state index in [1.807, 2.05) is 54.6 Å². The molecule has 1 aliphatic heterocycles. The highest BCUT2D eigenvalue weighted by atomic mass is 31.2. The van der Waals surface area contributed by atoms with Gasteiger partial charge < -0.3 is 0 Å². The van der Waals surface area contributed by atoms with E-state index in [0.29, 0.717) is 40.6 Å². The van der Waals surface area contributed by atoms with Gasteiger partial charge in [0.15, 0.2) is 0 Å². The van der Waals surface area contributed by atoms with E-state index >= 15 is 0 Å². The molecular formula is C37H28N3O4P. The normalized spacial score (nSPS) is 12.1. The minimum atomic E-state index is -2.52. The molecule has 0 amide bonds. The second-order valence-electron chi connectivity index (χ2n) is 11.3. The van der Waals surface area contributed by atoms with Crippen molar-refractivity contribution in [1.29, 1.82) is 0 Å². The molecule has 0 atom stereocenters. The average Bonchev–Trinajstić information content (AvgIpc) is 3.36. The summed E-state index contributed by atoms with van der Waals surface area (Å²) in [5.74, 6) is -0.530. The summed E-state index contributed by atoms with van der Waals surface area (Å²) in [5, 5.41) is 12.4. The lowest BCUT2D eigenvalue weighted by atomic mass is 10.0. The summed E-state index contributed by atoms with van der Waals surface area (Å²) >= 11 is 0. The number of nitrogens with zero attached hydrogens (tertiary/aromatic N) is 3. The molecule has 45 heavy (non-hydrogen) atoms. The van der Waals surface area contributed by atoms with Crippen LogP contribution in [0, 0.1) is 10.1 Å². The zero-order valence-electron chi connectivity index (χ0n) is 24.2. The second kappa shape index (κ2) is 11.6. The van der Waals surface area contributed by atoms with Crippen molar-refractivity contribution >= 4 is 35.2 Å². The first kappa shape index (κ1) is 28.4. The molecule has 0 bridgehead atoms. The third kappa shape index (κ3) is 5.22. The standard InChI is InChI=1S/C37H28N3O4P/c41-36-29-19-10-11-21-31(29)39-35(30-20-12-22-32(40(43)44)33(30)37(39)42)34(36)38-45(23-26-13-4-1-5-14-26,24-27-15-6-2-7-16-27)25-28-17-8-3-9-18-28/h1-22H,23-25H2. The van der Waals surface area contributed by atoms with Crippen molar-refractivity contribution in [3.8, 4) is 11.3 Å². The Morgan fingerprint density at radius 1 is 0.644 bits per heavy atom. The van der Waals surface area contributed by atoms with Crippen molar-refractivity contribution < 1.29 is 9.72 Å². The molecule has 220 valence electrons. The minimum Gasteiger partial charge on any atom is -0.287 e. The van der Waals surface area contributed by atoms with E-state index in [1.54, 1.807) is 36.4 Å². The van der Waals surface area contributed by atoms with Crippen LogP contribution in [0.15, 0.2) is 143 Å². The maximum atomic E-state index is 14.5. The molecule has 0 aliphatic carbocycles. The molecular weight excluding hydrogens is 581 g/mol. The first-order chi connectivity index (χ1) is 21.9. The van der Waals surface area contributed by atoms with Crippen molar-refractivity contribution in [1.82, 2.24) is 4.57 Å². The Balaban J connectivity index is 1.60. The predicted octanol–water partition coefficient (Wildman–Crippen LogP) is 9.01. The van der Waals surface area contributed by atoms with Crippen LogP contribution in [0.3, 0.4) is 0 Å². The number of fused-ring (bicyclic) bond motifs is 5. The fraction of sp³-hybridized carbons (Fsp3) is 0.0811. The molecule has 6 aromatic rings. The van der Waals surface area contributed by atoms with Gasteiger partial charge in [-0.15, -0.1) is 0 Å². The number of para-hydroxylation sites is 1. The SMILES string of the molecule is O=C1c2c(cccc2[N+](=O)[O-])-c2c(N=P(Cc3ccccc3)(Cc3ccccc3)Cc3ccccc3)c(=O)c3ccccc3n21. The minimum absolute atomic E-state index is 0.0205. The molecule has 0 fully saturated rings. The molecule has 7 nitrogen and oxygen atoms in total. The van der Waals surface area contributed by atoms with E-state index in [4.69, 9.17) is 4.74 Å². The van der Waals surface area contributed by atoms with E-state index in [0.717, 1.165) is 16.7 Å². The number of carbonyl (C=O) groups excluding carboxylic acids is 1. The topological polar surface area (TPSA) is 94.6 Å². The number of pyridine rings is 1. The van der Waals surface area contributed by atoms with Crippen LogP contribution in [-0.4, -0.2) is 15.4 Å². The van der Waals surface area contributed by atoms with Gasteiger partial charge in [0, 0.05) is 35.5 Å². The predicted molar refractivity (Wildman–Crippen MR) is 179 cm³/mol. The van der Waals surface area contributed by atoms with Crippen LogP contribution >= 0.6 is 7.05 Å². The summed E-state index contributed by atoms with van der Waals surface area (Å²) in [4.78, 5) is 40.1. The maximum Gasteiger partial charge on any atom is 0.282 e. The number of nitro groups is 1. The molecule has 0 spiro atoms. The van der Waals surface area contributed by atoms with Gasteiger partial charge in [0.25, 0.3) is 11.6 Å². The van der Waals surface area contributed by atoms with Gasteiger partial charge in [-0.3, -0.25) is 29.0 Å². The number of carbonyl (C=O) groups is 1. The summed E-state index contributed by atoms with van der Waals surface area (Å²) in [6.07, 6.45) is 1.87. The highest BCUT2D eigenvalue weighted by Gasteiger charge is 2.38. The smallest absolute Gasteiger partial charge is 0.282 e. The molecule has 0 radical (unpaired) electrons. The molecule has 0 unspecified atom stereocenters. The summed E-state index contributed by atoms with van der Waals surface area (Å²) in [6, 6.07) is 42.0. The first-order valence-corrected chi connectivity index (χ1v) is 17.0. The van der Waals surface area contributed by atoms with Gasteiger partial charge in [-0.05, 0) is 35.9 Å². The largest absolute Gasteiger partial charge is 0.287 e. The van der Waals surface area contributed by atoms with E-state index in [1.165, 1.54) is 10.6 Å². The highest BCUT2D eigenvalue weighted by molar-refractivity contribution is 7.64. The van der Waals surface area contributed by atoms with Crippen LogP contribution in [0.5, 0.6) is 0 Å². The Bertz CT molecular complexity index is 2100. The zero-order valence-corrected chi connectivity index (χ0v) is 25.1. The molecule has 2 heterocycles. The van der Waals surface area contributed by atoms with Crippen LogP contribution in [0.25, 0.3) is 22.2 Å². The fourth-order valence-electron chi connectivity index (χ4n) is 6.36. The lowest BCUT2D eigenvalue weighted by molar-refractivity contribution is -0.385. The number of aromatic nitrogens is 1. The lowest BCUT2D eigenvalue weighted by Gasteiger charge is -2.27. The average molecular weight is 610 g/mol. The monoisotopic (exact) mass is 609 g/mol. The Morgan fingerprint density at radius 2 is 1.16 bits per heavy atom. The summed E-state index contributed by atoms with van der Waals surface area (Å²) in [7, 11) is -2.52. The molecule has 7 rings (SSSR count). The number of rotatable bonds is 8. The lowest BCUT2D eigenvalue weighted by Crippen LogP contribution is -2.15. The van der Waals surface area contributed by atoms with Crippen LogP contribution in [-0.2, 0) is 18.5 Å². The van der Waals surface area contributed by atoms with Gasteiger partial charge in [-0.2, -0.15) is 0 Å². The number of benzene rings is 5. The third-order valence-corrected chi connectivity index (χ3v) is 11.7. The van der Waals surface area contributed by atoms with E-state index in [-0.39, 0.29) is 22.4 Å². The van der Waals surface area contributed by atoms with Crippen LogP contribution < -0.4 is 5.43 Å². The van der Waals surface area contributed by atoms with Gasteiger partial charge >= 0.3 is 0 Å². The fourth-order valence-corrected chi connectivity index (χ4v) is 10.2. The number of nitro benzene ring substituents is 1. The quantitative estimate of drug-likeness (QED) is 0.0976. The van der Waals surface area contributed by atoms with Crippen molar-refractivity contribution in [2.24, 2.45) is 4.74 Å². The van der Waals surface area contributed by atoms with E-state index < -0.39 is 17.9 Å². The molecule has 8 heteroatoms. The van der Waals surface area contributed by atoms with Crippen LogP contribution in [0.4, 0.5) is 11.4 Å². The van der Waals surface area contributed by atoms with Crippen molar-refractivity contribution in [2.75, 3.05) is 0 Å². The Morgan fingerprint density at radius 3 is 1.69 bits per heavy atom. The van der Waals surface area contributed by atoms with Gasteiger partial charge in [-0.25, -0.2) is 0 Å². The zero-order chi connectivity index (χ0) is 31.0. The van der Waals surface area contributed by atoms with Gasteiger partial charge in [-0.1, -0.05) is 115 Å². The number of hydrogen-bond donors (Lipinski definition) is 0. The van der Waals surface area contributed by atoms with Gasteiger partial charge in [0.2, 0.25) is 5.43 Å². The van der Waals surface area contributed by atoms with Crippen LogP contribution in [0.2, 0.25) is 0 Å². The highest BCUT2D eigenvalue weighted by Crippen LogP contribution is 2.61. The Kier molecular flexibility index (Phi) is 7.32. The molecule has 0 saturated heterocycles. The maximum absolute atomic E-state index is 14.5. The van der Waals surface area contributed by atoms with Crippen molar-refractivity contribution in [3.05, 3.63) is 176 Å². The van der Waals surface area contributed by atoms with E-state index in [9.17, 15) is 19.7 Å². The van der Waals surface area contributed by atoms with E-state index in [2.05, 4.69) is 36.4 Å². The second-order valence-corrected chi connectivity index (χ2v) is 14.6. The molecule has 1 aromatic heterocycles. The summed E-state index contributed by atoms with van der Waals surface area (Å²) in [5.41, 5.74) is 3.97. The number of hydrogen-bond acceptors (Lipinski definition) is 5. The summed E-state index contributed by atoms with van der Waals surface area (Å²) in [6.45, 7) is 0. The van der Waals surface area contributed by atoms with Crippen molar-refractivity contribution in [3.63, 3.8) is 0 Å². The Labute approximate surface area is 259 Å². The van der Waals surface area contributed by atoms with Gasteiger partial charge in [0.1, 0.15) is 11.3 Å². The summed E-state index contributed by atoms with van der Waals surface area (Å²) < 4.78 is 7.01. The first-order valence-electron chi connectivity index (χ1n) is 14.7. The molecule has 5 aromatic carbocycles. The third-order valence-electron chi connectivity index (χ3n) is 8.24. The van der Waals surface area contributed by atoms with Crippen molar-refractivity contribution in [2.45, 2.75) is 18.5 Å². The molecule has 1 aliphatic rings.